The molecule has 1 N–H and O–H groups in total. The van der Waals surface area contributed by atoms with Crippen LogP contribution in [-0.2, 0) is 0 Å². The fourth-order valence-corrected chi connectivity index (χ4v) is 1.77. The minimum atomic E-state index is 0.00167. The molecule has 0 spiro atoms. The van der Waals surface area contributed by atoms with Crippen LogP contribution in [0.5, 0.6) is 5.75 Å². The highest BCUT2D eigenvalue weighted by atomic mass is 16.5. The Kier molecular flexibility index (Phi) is 2.23. The van der Waals surface area contributed by atoms with Crippen LogP contribution in [0.1, 0.15) is 11.3 Å². The summed E-state index contributed by atoms with van der Waals surface area (Å²) in [6.07, 6.45) is 0. The van der Waals surface area contributed by atoms with E-state index in [1.54, 1.807) is 13.2 Å². The third-order valence-corrected chi connectivity index (χ3v) is 2.51. The maximum Gasteiger partial charge on any atom is 0.193 e. The summed E-state index contributed by atoms with van der Waals surface area (Å²) in [6, 6.07) is 5.35. The average molecular weight is 203 g/mol. The molecule has 1 heterocycles. The largest absolute Gasteiger partial charge is 0.496 e. The van der Waals surface area contributed by atoms with E-state index in [0.29, 0.717) is 11.1 Å². The molecule has 0 fully saturated rings. The van der Waals surface area contributed by atoms with Gasteiger partial charge in [-0.3, -0.25) is 4.79 Å². The number of rotatable bonds is 1. The Morgan fingerprint density at radius 1 is 1.27 bits per heavy atom. The maximum absolute atomic E-state index is 11.8. The van der Waals surface area contributed by atoms with Gasteiger partial charge in [-0.25, -0.2) is 0 Å². The van der Waals surface area contributed by atoms with Crippen molar-refractivity contribution in [3.05, 3.63) is 39.7 Å². The second kappa shape index (κ2) is 3.42. The highest BCUT2D eigenvalue weighted by Gasteiger charge is 2.08. The van der Waals surface area contributed by atoms with Crippen LogP contribution < -0.4 is 10.2 Å². The van der Waals surface area contributed by atoms with Gasteiger partial charge in [-0.1, -0.05) is 6.07 Å². The second-order valence-electron chi connectivity index (χ2n) is 3.65. The monoisotopic (exact) mass is 203 g/mol. The molecule has 3 nitrogen and oxygen atoms in total. The SMILES string of the molecule is COc1ccc(C)c2[nH]c(C)cc(=O)c12. The van der Waals surface area contributed by atoms with Gasteiger partial charge in [0.2, 0.25) is 0 Å². The summed E-state index contributed by atoms with van der Waals surface area (Å²) in [6.45, 7) is 3.84. The Balaban J connectivity index is 3.00. The van der Waals surface area contributed by atoms with Crippen LogP contribution in [0.4, 0.5) is 0 Å². The smallest absolute Gasteiger partial charge is 0.193 e. The Hall–Kier alpha value is -1.77. The molecule has 0 unspecified atom stereocenters. The molecule has 0 bridgehead atoms. The van der Waals surface area contributed by atoms with Crippen molar-refractivity contribution in [2.45, 2.75) is 13.8 Å². The molecule has 0 radical (unpaired) electrons. The Morgan fingerprint density at radius 3 is 2.67 bits per heavy atom. The molecule has 1 aromatic heterocycles. The number of fused-ring (bicyclic) bond motifs is 1. The van der Waals surface area contributed by atoms with Crippen LogP contribution >= 0.6 is 0 Å². The van der Waals surface area contributed by atoms with Crippen LogP contribution in [0.15, 0.2) is 23.0 Å². The minimum absolute atomic E-state index is 0.00167. The van der Waals surface area contributed by atoms with Gasteiger partial charge in [0, 0.05) is 11.8 Å². The first-order chi connectivity index (χ1) is 7.13. The van der Waals surface area contributed by atoms with Gasteiger partial charge in [0.05, 0.1) is 18.0 Å². The molecule has 3 heteroatoms. The highest BCUT2D eigenvalue weighted by Crippen LogP contribution is 2.23. The standard InChI is InChI=1S/C12H13NO2/c1-7-4-5-10(15-3)11-9(14)6-8(2)13-12(7)11/h4-6H,1-3H3,(H,13,14). The van der Waals surface area contributed by atoms with E-state index in [1.165, 1.54) is 0 Å². The van der Waals surface area contributed by atoms with E-state index >= 15 is 0 Å². The lowest BCUT2D eigenvalue weighted by atomic mass is 10.1. The van der Waals surface area contributed by atoms with Gasteiger partial charge in [0.15, 0.2) is 5.43 Å². The number of aromatic nitrogens is 1. The molecule has 0 saturated carbocycles. The van der Waals surface area contributed by atoms with Gasteiger partial charge >= 0.3 is 0 Å². The summed E-state index contributed by atoms with van der Waals surface area (Å²) >= 11 is 0. The molecule has 0 saturated heterocycles. The van der Waals surface area contributed by atoms with Gasteiger partial charge in [-0.2, -0.15) is 0 Å². The molecule has 0 aliphatic carbocycles. The quantitative estimate of drug-likeness (QED) is 0.771. The fourth-order valence-electron chi connectivity index (χ4n) is 1.77. The molecule has 2 aromatic rings. The summed E-state index contributed by atoms with van der Waals surface area (Å²) in [5.41, 5.74) is 2.77. The zero-order valence-electron chi connectivity index (χ0n) is 9.05. The van der Waals surface area contributed by atoms with E-state index in [4.69, 9.17) is 4.74 Å². The van der Waals surface area contributed by atoms with Crippen molar-refractivity contribution in [1.82, 2.24) is 4.98 Å². The normalized spacial score (nSPS) is 10.6. The number of hydrogen-bond donors (Lipinski definition) is 1. The summed E-state index contributed by atoms with van der Waals surface area (Å²) in [7, 11) is 1.57. The van der Waals surface area contributed by atoms with E-state index in [2.05, 4.69) is 4.98 Å². The van der Waals surface area contributed by atoms with Gasteiger partial charge in [0.1, 0.15) is 5.75 Å². The van der Waals surface area contributed by atoms with Crippen molar-refractivity contribution in [3.63, 3.8) is 0 Å². The zero-order chi connectivity index (χ0) is 11.0. The van der Waals surface area contributed by atoms with Crippen molar-refractivity contribution in [2.75, 3.05) is 7.11 Å². The zero-order valence-corrected chi connectivity index (χ0v) is 9.05. The Morgan fingerprint density at radius 2 is 2.00 bits per heavy atom. The second-order valence-corrected chi connectivity index (χ2v) is 3.65. The number of aromatic amines is 1. The van der Waals surface area contributed by atoms with Gasteiger partial charge in [0.25, 0.3) is 0 Å². The van der Waals surface area contributed by atoms with Crippen LogP contribution in [0, 0.1) is 13.8 Å². The molecule has 1 aromatic carbocycles. The van der Waals surface area contributed by atoms with Gasteiger partial charge in [-0.15, -0.1) is 0 Å². The topological polar surface area (TPSA) is 42.1 Å². The van der Waals surface area contributed by atoms with Crippen LogP contribution in [0.25, 0.3) is 10.9 Å². The van der Waals surface area contributed by atoms with Gasteiger partial charge in [-0.05, 0) is 25.5 Å². The molecule has 0 amide bonds. The van der Waals surface area contributed by atoms with Crippen molar-refractivity contribution in [2.24, 2.45) is 0 Å². The predicted octanol–water partition coefficient (Wildman–Crippen LogP) is 2.15. The predicted molar refractivity (Wildman–Crippen MR) is 60.6 cm³/mol. The maximum atomic E-state index is 11.8. The van der Waals surface area contributed by atoms with E-state index in [1.807, 2.05) is 26.0 Å². The van der Waals surface area contributed by atoms with Crippen LogP contribution in [0.2, 0.25) is 0 Å². The lowest BCUT2D eigenvalue weighted by Gasteiger charge is -2.07. The van der Waals surface area contributed by atoms with Crippen LogP contribution in [-0.4, -0.2) is 12.1 Å². The lowest BCUT2D eigenvalue weighted by molar-refractivity contribution is 0.419. The summed E-state index contributed by atoms with van der Waals surface area (Å²) < 4.78 is 5.18. The number of aryl methyl sites for hydroxylation is 2. The number of methoxy groups -OCH3 is 1. The number of nitrogens with one attached hydrogen (secondary N) is 1. The van der Waals surface area contributed by atoms with Gasteiger partial charge < -0.3 is 9.72 Å². The molecular formula is C12H13NO2. The Bertz CT molecular complexity index is 570. The molecule has 78 valence electrons. The first kappa shape index (κ1) is 9.77. The lowest BCUT2D eigenvalue weighted by Crippen LogP contribution is -2.05. The Labute approximate surface area is 87.7 Å². The van der Waals surface area contributed by atoms with E-state index < -0.39 is 0 Å². The minimum Gasteiger partial charge on any atom is -0.496 e. The number of benzene rings is 1. The van der Waals surface area contributed by atoms with Crippen molar-refractivity contribution >= 4 is 10.9 Å². The average Bonchev–Trinajstić information content (AvgIpc) is 2.19. The van der Waals surface area contributed by atoms with E-state index in [9.17, 15) is 4.79 Å². The summed E-state index contributed by atoms with van der Waals surface area (Å²) in [4.78, 5) is 15.0. The first-order valence-electron chi connectivity index (χ1n) is 4.80. The molecule has 2 rings (SSSR count). The number of pyridine rings is 1. The molecule has 15 heavy (non-hydrogen) atoms. The van der Waals surface area contributed by atoms with Crippen molar-refractivity contribution in [3.8, 4) is 5.75 Å². The van der Waals surface area contributed by atoms with E-state index in [-0.39, 0.29) is 5.43 Å². The highest BCUT2D eigenvalue weighted by molar-refractivity contribution is 5.87. The molecule has 0 aliphatic heterocycles. The summed E-state index contributed by atoms with van der Waals surface area (Å²) in [5, 5.41) is 0.628. The third kappa shape index (κ3) is 1.50. The van der Waals surface area contributed by atoms with Crippen molar-refractivity contribution in [1.29, 1.82) is 0 Å². The molecule has 0 atom stereocenters. The number of hydrogen-bond acceptors (Lipinski definition) is 2. The third-order valence-electron chi connectivity index (χ3n) is 2.51. The van der Waals surface area contributed by atoms with E-state index in [0.717, 1.165) is 16.8 Å². The summed E-state index contributed by atoms with van der Waals surface area (Å²) in [5.74, 6) is 0.622. The number of H-pyrrole nitrogens is 1. The molecule has 0 aliphatic rings. The van der Waals surface area contributed by atoms with Crippen LogP contribution in [0.3, 0.4) is 0 Å². The molecular weight excluding hydrogens is 190 g/mol. The fraction of sp³-hybridized carbons (Fsp3) is 0.250. The van der Waals surface area contributed by atoms with Crippen molar-refractivity contribution < 1.29 is 4.74 Å². The number of ether oxygens (including phenoxy) is 1. The first-order valence-corrected chi connectivity index (χ1v) is 4.80.